The highest BCUT2D eigenvalue weighted by Crippen LogP contribution is 2.22. The normalized spacial score (nSPS) is 14.2. The molecule has 3 rings (SSSR count). The maximum Gasteiger partial charge on any atom is 0.117 e. The number of fused-ring (bicyclic) bond motifs is 1. The van der Waals surface area contributed by atoms with E-state index in [0.29, 0.717) is 6.54 Å². The minimum Gasteiger partial charge on any atom is -0.468 e. The Morgan fingerprint density at radius 2 is 1.86 bits per heavy atom. The summed E-state index contributed by atoms with van der Waals surface area (Å²) >= 11 is 0. The average Bonchev–Trinajstić information content (AvgIpc) is 3.05. The van der Waals surface area contributed by atoms with Crippen LogP contribution in [-0.2, 0) is 6.54 Å². The van der Waals surface area contributed by atoms with Crippen molar-refractivity contribution in [3.05, 3.63) is 72.2 Å². The number of rotatable bonds is 5. The van der Waals surface area contributed by atoms with Crippen molar-refractivity contribution >= 4 is 10.8 Å². The van der Waals surface area contributed by atoms with Crippen molar-refractivity contribution in [1.29, 1.82) is 0 Å². The Morgan fingerprint density at radius 3 is 2.62 bits per heavy atom. The topological polar surface area (TPSA) is 45.4 Å². The third-order valence-corrected chi connectivity index (χ3v) is 3.77. The van der Waals surface area contributed by atoms with Crippen LogP contribution >= 0.6 is 0 Å². The molecule has 3 heteroatoms. The van der Waals surface area contributed by atoms with Crippen molar-refractivity contribution in [2.24, 2.45) is 0 Å². The monoisotopic (exact) mass is 281 g/mol. The highest BCUT2D eigenvalue weighted by Gasteiger charge is 2.16. The molecule has 2 aromatic carbocycles. The summed E-state index contributed by atoms with van der Waals surface area (Å²) in [5.41, 5.74) is 0.924. The second-order valence-electron chi connectivity index (χ2n) is 5.30. The number of hydrogen-bond acceptors (Lipinski definition) is 3. The van der Waals surface area contributed by atoms with Crippen LogP contribution in [0.15, 0.2) is 65.3 Å². The van der Waals surface area contributed by atoms with E-state index in [9.17, 15) is 5.11 Å². The molecule has 0 fully saturated rings. The first kappa shape index (κ1) is 13.9. The van der Waals surface area contributed by atoms with Crippen molar-refractivity contribution in [3.63, 3.8) is 0 Å². The van der Waals surface area contributed by atoms with Gasteiger partial charge in [-0.1, -0.05) is 36.4 Å². The minimum atomic E-state index is -0.551. The van der Waals surface area contributed by atoms with E-state index < -0.39 is 6.10 Å². The van der Waals surface area contributed by atoms with E-state index in [1.54, 1.807) is 6.26 Å². The number of benzene rings is 2. The predicted molar refractivity (Wildman–Crippen MR) is 83.9 cm³/mol. The fourth-order valence-corrected chi connectivity index (χ4v) is 2.47. The predicted octanol–water partition coefficient (Wildman–Crippen LogP) is 3.64. The van der Waals surface area contributed by atoms with Crippen LogP contribution in [0.1, 0.15) is 24.4 Å². The fraction of sp³-hybridized carbons (Fsp3) is 0.222. The zero-order valence-electron chi connectivity index (χ0n) is 12.0. The van der Waals surface area contributed by atoms with E-state index in [-0.39, 0.29) is 6.04 Å². The van der Waals surface area contributed by atoms with Gasteiger partial charge in [-0.05, 0) is 41.5 Å². The lowest BCUT2D eigenvalue weighted by Crippen LogP contribution is -2.31. The van der Waals surface area contributed by atoms with Crippen molar-refractivity contribution in [1.82, 2.24) is 5.32 Å². The van der Waals surface area contributed by atoms with Gasteiger partial charge in [0.25, 0.3) is 0 Å². The van der Waals surface area contributed by atoms with Gasteiger partial charge >= 0.3 is 0 Å². The number of furan rings is 1. The molecule has 21 heavy (non-hydrogen) atoms. The minimum absolute atomic E-state index is 0.0590. The molecule has 0 saturated carbocycles. The van der Waals surface area contributed by atoms with Crippen molar-refractivity contribution in [3.8, 4) is 0 Å². The van der Waals surface area contributed by atoms with Crippen molar-refractivity contribution < 1.29 is 9.52 Å². The number of nitrogens with one attached hydrogen (secondary N) is 1. The lowest BCUT2D eigenvalue weighted by Gasteiger charge is -2.20. The first-order valence-electron chi connectivity index (χ1n) is 7.16. The van der Waals surface area contributed by atoms with Crippen LogP contribution in [0.3, 0.4) is 0 Å². The van der Waals surface area contributed by atoms with Crippen LogP contribution in [0, 0.1) is 0 Å². The third kappa shape index (κ3) is 3.15. The summed E-state index contributed by atoms with van der Waals surface area (Å²) in [4.78, 5) is 0. The molecule has 2 unspecified atom stereocenters. The van der Waals surface area contributed by atoms with Gasteiger partial charge in [0.05, 0.1) is 18.9 Å². The third-order valence-electron chi connectivity index (χ3n) is 3.77. The van der Waals surface area contributed by atoms with Crippen LogP contribution in [0.25, 0.3) is 10.8 Å². The molecule has 0 spiro atoms. The quantitative estimate of drug-likeness (QED) is 0.750. The zero-order valence-corrected chi connectivity index (χ0v) is 12.0. The van der Waals surface area contributed by atoms with Gasteiger partial charge in [0.15, 0.2) is 0 Å². The van der Waals surface area contributed by atoms with Crippen LogP contribution < -0.4 is 5.32 Å². The lowest BCUT2D eigenvalue weighted by atomic mass is 10.00. The summed E-state index contributed by atoms with van der Waals surface area (Å²) in [6, 6.07) is 18.0. The molecule has 3 aromatic rings. The maximum atomic E-state index is 10.5. The van der Waals surface area contributed by atoms with E-state index >= 15 is 0 Å². The number of hydrogen-bond donors (Lipinski definition) is 2. The van der Waals surface area contributed by atoms with Gasteiger partial charge in [0.2, 0.25) is 0 Å². The molecular weight excluding hydrogens is 262 g/mol. The Kier molecular flexibility index (Phi) is 4.04. The average molecular weight is 281 g/mol. The number of aliphatic hydroxyl groups is 1. The Bertz CT molecular complexity index is 706. The summed E-state index contributed by atoms with van der Waals surface area (Å²) in [6.45, 7) is 2.58. The molecular formula is C18H19NO2. The first-order valence-corrected chi connectivity index (χ1v) is 7.16. The van der Waals surface area contributed by atoms with Gasteiger partial charge in [-0.25, -0.2) is 0 Å². The summed E-state index contributed by atoms with van der Waals surface area (Å²) in [6.07, 6.45) is 1.10. The van der Waals surface area contributed by atoms with Crippen LogP contribution in [0.5, 0.6) is 0 Å². The van der Waals surface area contributed by atoms with E-state index in [4.69, 9.17) is 4.42 Å². The summed E-state index contributed by atoms with van der Waals surface area (Å²) < 4.78 is 5.28. The molecule has 2 atom stereocenters. The van der Waals surface area contributed by atoms with Crippen LogP contribution in [0.2, 0.25) is 0 Å². The second kappa shape index (κ2) is 6.12. The molecule has 1 aromatic heterocycles. The molecule has 0 aliphatic heterocycles. The standard InChI is InChI=1S/C18H19NO2/c1-13(19-12-17-7-4-10-21-17)18(20)16-9-8-14-5-2-3-6-15(14)11-16/h2-11,13,18-20H,12H2,1H3. The molecule has 0 aliphatic rings. The molecule has 0 amide bonds. The van der Waals surface area contributed by atoms with Gasteiger partial charge < -0.3 is 14.8 Å². The Morgan fingerprint density at radius 1 is 1.05 bits per heavy atom. The highest BCUT2D eigenvalue weighted by molar-refractivity contribution is 5.83. The molecule has 108 valence electrons. The number of aliphatic hydroxyl groups excluding tert-OH is 1. The summed E-state index contributed by atoms with van der Waals surface area (Å²) in [5.74, 6) is 0.868. The smallest absolute Gasteiger partial charge is 0.117 e. The Hall–Kier alpha value is -2.10. The Balaban J connectivity index is 1.71. The van der Waals surface area contributed by atoms with Crippen LogP contribution in [-0.4, -0.2) is 11.1 Å². The van der Waals surface area contributed by atoms with Crippen molar-refractivity contribution in [2.45, 2.75) is 25.6 Å². The van der Waals surface area contributed by atoms with Gasteiger partial charge in [0, 0.05) is 6.04 Å². The lowest BCUT2D eigenvalue weighted by molar-refractivity contribution is 0.134. The van der Waals surface area contributed by atoms with Crippen molar-refractivity contribution in [2.75, 3.05) is 0 Å². The molecule has 0 radical (unpaired) electrons. The Labute approximate surface area is 124 Å². The van der Waals surface area contributed by atoms with Gasteiger partial charge in [-0.2, -0.15) is 0 Å². The summed E-state index contributed by atoms with van der Waals surface area (Å²) in [5, 5.41) is 16.1. The van der Waals surface area contributed by atoms with Gasteiger partial charge in [-0.3, -0.25) is 0 Å². The first-order chi connectivity index (χ1) is 10.2. The molecule has 0 aliphatic carbocycles. The van der Waals surface area contributed by atoms with Gasteiger partial charge in [0.1, 0.15) is 5.76 Å². The molecule has 1 heterocycles. The molecule has 0 bridgehead atoms. The largest absolute Gasteiger partial charge is 0.468 e. The molecule has 3 nitrogen and oxygen atoms in total. The second-order valence-corrected chi connectivity index (χ2v) is 5.30. The SMILES string of the molecule is CC(NCc1ccco1)C(O)c1ccc2ccccc2c1. The van der Waals surface area contributed by atoms with Crippen LogP contribution in [0.4, 0.5) is 0 Å². The zero-order chi connectivity index (χ0) is 14.7. The fourth-order valence-electron chi connectivity index (χ4n) is 2.47. The molecule has 0 saturated heterocycles. The van der Waals surface area contributed by atoms with E-state index in [0.717, 1.165) is 16.7 Å². The summed E-state index contributed by atoms with van der Waals surface area (Å²) in [7, 11) is 0. The van der Waals surface area contributed by atoms with E-state index in [1.165, 1.54) is 5.39 Å². The van der Waals surface area contributed by atoms with E-state index in [1.807, 2.05) is 49.4 Å². The highest BCUT2D eigenvalue weighted by atomic mass is 16.3. The van der Waals surface area contributed by atoms with E-state index in [2.05, 4.69) is 17.4 Å². The van der Waals surface area contributed by atoms with Gasteiger partial charge in [-0.15, -0.1) is 0 Å². The molecule has 2 N–H and O–H groups in total. The maximum absolute atomic E-state index is 10.5.